The van der Waals surface area contributed by atoms with Gasteiger partial charge in [0.2, 0.25) is 0 Å². The van der Waals surface area contributed by atoms with Crippen LogP contribution in [0.15, 0.2) is 83.9 Å². The number of hydrogen-bond donors (Lipinski definition) is 2. The molecule has 0 atom stereocenters. The van der Waals surface area contributed by atoms with Gasteiger partial charge in [-0.05, 0) is 52.2 Å². The number of pyridine rings is 1. The highest BCUT2D eigenvalue weighted by Gasteiger charge is 2.24. The molecule has 0 saturated heterocycles. The van der Waals surface area contributed by atoms with Crippen molar-refractivity contribution in [1.82, 2.24) is 9.88 Å². The molecule has 0 saturated carbocycles. The van der Waals surface area contributed by atoms with Crippen molar-refractivity contribution in [2.24, 2.45) is 4.99 Å². The van der Waals surface area contributed by atoms with E-state index in [0.29, 0.717) is 12.2 Å². The van der Waals surface area contributed by atoms with Crippen LogP contribution < -0.4 is 4.90 Å². The van der Waals surface area contributed by atoms with Gasteiger partial charge in [0.1, 0.15) is 5.69 Å². The summed E-state index contributed by atoms with van der Waals surface area (Å²) in [4.78, 5) is 33.6. The number of carboxylic acid groups (broad SMARTS) is 2. The first kappa shape index (κ1) is 26.3. The fourth-order valence-electron chi connectivity index (χ4n) is 3.76. The van der Waals surface area contributed by atoms with E-state index in [1.54, 1.807) is 0 Å². The number of carbonyl (C=O) groups is 2. The lowest BCUT2D eigenvalue weighted by Crippen LogP contribution is -2.25. The predicted octanol–water partition coefficient (Wildman–Crippen LogP) is 4.67. The highest BCUT2D eigenvalue weighted by molar-refractivity contribution is 6.18. The third-order valence-electron chi connectivity index (χ3n) is 5.33. The van der Waals surface area contributed by atoms with Gasteiger partial charge in [0, 0.05) is 35.5 Å². The molecule has 3 aromatic rings. The van der Waals surface area contributed by atoms with E-state index in [0.717, 1.165) is 53.5 Å². The number of aliphatic imine (C=N–C) groups is 1. The Hall–Kier alpha value is -4.30. The van der Waals surface area contributed by atoms with E-state index in [1.165, 1.54) is 5.69 Å². The number of carboxylic acids is 2. The molecular weight excluding hydrogens is 456 g/mol. The summed E-state index contributed by atoms with van der Waals surface area (Å²) in [7, 11) is 4.23. The molecule has 0 radical (unpaired) electrons. The summed E-state index contributed by atoms with van der Waals surface area (Å²) >= 11 is 0. The smallest absolute Gasteiger partial charge is 0.328 e. The lowest BCUT2D eigenvalue weighted by atomic mass is 10.00. The minimum absolute atomic E-state index is 0.558. The van der Waals surface area contributed by atoms with Crippen LogP contribution >= 0.6 is 0 Å². The molecule has 0 amide bonds. The maximum Gasteiger partial charge on any atom is 0.328 e. The maximum absolute atomic E-state index is 9.55. The van der Waals surface area contributed by atoms with E-state index in [1.807, 2.05) is 19.1 Å². The summed E-state index contributed by atoms with van der Waals surface area (Å²) in [5.41, 5.74) is 6.36. The molecule has 2 heterocycles. The minimum Gasteiger partial charge on any atom is -0.478 e. The topological polar surface area (TPSA) is 106 Å². The van der Waals surface area contributed by atoms with Gasteiger partial charge < -0.3 is 20.0 Å². The van der Waals surface area contributed by atoms with Gasteiger partial charge in [-0.25, -0.2) is 19.6 Å². The zero-order valence-electron chi connectivity index (χ0n) is 20.6. The second-order valence-electron chi connectivity index (χ2n) is 8.46. The summed E-state index contributed by atoms with van der Waals surface area (Å²) in [5, 5.41) is 15.6. The molecule has 186 valence electrons. The molecule has 8 nitrogen and oxygen atoms in total. The zero-order chi connectivity index (χ0) is 26.1. The number of nitrogens with zero attached hydrogens (tertiary/aromatic N) is 4. The van der Waals surface area contributed by atoms with Crippen molar-refractivity contribution in [1.29, 1.82) is 0 Å². The van der Waals surface area contributed by atoms with Gasteiger partial charge in [0.05, 0.1) is 11.4 Å². The molecular formula is C28H30N4O4. The molecule has 0 spiro atoms. The Morgan fingerprint density at radius 2 is 1.56 bits per heavy atom. The number of aromatic nitrogens is 1. The lowest BCUT2D eigenvalue weighted by molar-refractivity contribution is -0.134. The monoisotopic (exact) mass is 486 g/mol. The van der Waals surface area contributed by atoms with E-state index in [2.05, 4.69) is 78.5 Å². The second-order valence-corrected chi connectivity index (χ2v) is 8.46. The van der Waals surface area contributed by atoms with Crippen molar-refractivity contribution in [3.8, 4) is 0 Å². The molecule has 1 aromatic heterocycles. The molecule has 1 aliphatic heterocycles. The molecule has 1 aliphatic rings. The number of aliphatic carboxylic acids is 2. The van der Waals surface area contributed by atoms with Gasteiger partial charge in [0.25, 0.3) is 0 Å². The van der Waals surface area contributed by atoms with Gasteiger partial charge in [-0.15, -0.1) is 0 Å². The Morgan fingerprint density at radius 3 is 2.19 bits per heavy atom. The Kier molecular flexibility index (Phi) is 9.07. The SMILES string of the molecule is Cc1ccc2c(n1)N(CCCN(C)C)c1ccccc1C(c1ccccc1)=N2.O=C(O)C=CC(=O)O. The first-order valence-corrected chi connectivity index (χ1v) is 11.5. The first-order valence-electron chi connectivity index (χ1n) is 11.5. The number of fused-ring (bicyclic) bond motifs is 2. The van der Waals surface area contributed by atoms with Crippen LogP contribution in [0.5, 0.6) is 0 Å². The summed E-state index contributed by atoms with van der Waals surface area (Å²) in [6, 6.07) is 23.1. The normalized spacial score (nSPS) is 12.2. The van der Waals surface area contributed by atoms with Crippen molar-refractivity contribution in [3.63, 3.8) is 0 Å². The maximum atomic E-state index is 9.55. The standard InChI is InChI=1S/C24H26N4.C4H4O4/c1-18-14-15-21-24(25-18)28(17-9-16-27(2)3)22-13-8-7-12-20(22)23(26-21)19-10-5-4-6-11-19;5-3(6)1-2-4(7)8/h4-8,10-15H,9,16-17H2,1-3H3;1-2H,(H,5,6)(H,7,8). The summed E-state index contributed by atoms with van der Waals surface area (Å²) < 4.78 is 0. The quantitative estimate of drug-likeness (QED) is 0.467. The predicted molar refractivity (Wildman–Crippen MR) is 142 cm³/mol. The van der Waals surface area contributed by atoms with Crippen LogP contribution in [0, 0.1) is 6.92 Å². The van der Waals surface area contributed by atoms with E-state index in [9.17, 15) is 9.59 Å². The molecule has 8 heteroatoms. The van der Waals surface area contributed by atoms with E-state index in [4.69, 9.17) is 20.2 Å². The molecule has 4 rings (SSSR count). The average molecular weight is 487 g/mol. The number of benzene rings is 2. The van der Waals surface area contributed by atoms with Gasteiger partial charge in [-0.2, -0.15) is 0 Å². The van der Waals surface area contributed by atoms with Crippen molar-refractivity contribution in [2.75, 3.05) is 32.1 Å². The Balaban J connectivity index is 0.000000392. The Bertz CT molecular complexity index is 1250. The zero-order valence-corrected chi connectivity index (χ0v) is 20.6. The molecule has 2 N–H and O–H groups in total. The fourth-order valence-corrected chi connectivity index (χ4v) is 3.76. The van der Waals surface area contributed by atoms with Crippen molar-refractivity contribution >= 4 is 34.8 Å². The van der Waals surface area contributed by atoms with E-state index in [-0.39, 0.29) is 0 Å². The minimum atomic E-state index is -1.26. The van der Waals surface area contributed by atoms with Crippen LogP contribution in [0.2, 0.25) is 0 Å². The van der Waals surface area contributed by atoms with Gasteiger partial charge in [0.15, 0.2) is 5.82 Å². The second kappa shape index (κ2) is 12.4. The number of para-hydroxylation sites is 1. The molecule has 0 fully saturated rings. The molecule has 2 aromatic carbocycles. The number of anilines is 2. The highest BCUT2D eigenvalue weighted by Crippen LogP contribution is 2.39. The summed E-state index contributed by atoms with van der Waals surface area (Å²) in [6.07, 6.45) is 2.17. The van der Waals surface area contributed by atoms with Crippen LogP contribution in [-0.4, -0.2) is 64.9 Å². The van der Waals surface area contributed by atoms with Gasteiger partial charge in [-0.3, -0.25) is 0 Å². The molecule has 36 heavy (non-hydrogen) atoms. The molecule has 0 aliphatic carbocycles. The Morgan fingerprint density at radius 1 is 0.917 bits per heavy atom. The average Bonchev–Trinajstić information content (AvgIpc) is 2.98. The van der Waals surface area contributed by atoms with Crippen LogP contribution in [0.4, 0.5) is 17.2 Å². The van der Waals surface area contributed by atoms with Crippen molar-refractivity contribution in [2.45, 2.75) is 13.3 Å². The van der Waals surface area contributed by atoms with E-state index >= 15 is 0 Å². The highest BCUT2D eigenvalue weighted by atomic mass is 16.4. The van der Waals surface area contributed by atoms with Gasteiger partial charge >= 0.3 is 11.9 Å². The first-order chi connectivity index (χ1) is 17.3. The van der Waals surface area contributed by atoms with Crippen LogP contribution in [-0.2, 0) is 9.59 Å². The number of hydrogen-bond acceptors (Lipinski definition) is 6. The van der Waals surface area contributed by atoms with Crippen LogP contribution in [0.3, 0.4) is 0 Å². The largest absolute Gasteiger partial charge is 0.478 e. The van der Waals surface area contributed by atoms with Crippen molar-refractivity contribution in [3.05, 3.63) is 95.7 Å². The number of aryl methyl sites for hydroxylation is 1. The third-order valence-corrected chi connectivity index (χ3v) is 5.33. The van der Waals surface area contributed by atoms with E-state index < -0.39 is 11.9 Å². The summed E-state index contributed by atoms with van der Waals surface area (Å²) in [6.45, 7) is 3.97. The molecule has 0 bridgehead atoms. The molecule has 0 unspecified atom stereocenters. The lowest BCUT2D eigenvalue weighted by Gasteiger charge is -2.26. The van der Waals surface area contributed by atoms with Crippen LogP contribution in [0.1, 0.15) is 23.2 Å². The fraction of sp³-hybridized carbons (Fsp3) is 0.214. The van der Waals surface area contributed by atoms with Crippen LogP contribution in [0.25, 0.3) is 0 Å². The summed E-state index contributed by atoms with van der Waals surface area (Å²) in [5.74, 6) is -1.57. The Labute approximate surface area is 210 Å². The number of rotatable bonds is 7. The van der Waals surface area contributed by atoms with Gasteiger partial charge in [-0.1, -0.05) is 48.5 Å². The van der Waals surface area contributed by atoms with Crippen molar-refractivity contribution < 1.29 is 19.8 Å². The third kappa shape index (κ3) is 7.10.